The maximum atomic E-state index is 10.8. The topological polar surface area (TPSA) is 78.7 Å². The number of rotatable bonds is 5. The Morgan fingerprint density at radius 1 is 1.35 bits per heavy atom. The van der Waals surface area contributed by atoms with Gasteiger partial charge in [0.1, 0.15) is 0 Å². The van der Waals surface area contributed by atoms with E-state index in [-0.39, 0.29) is 23.1 Å². The van der Waals surface area contributed by atoms with E-state index in [9.17, 15) is 14.9 Å². The van der Waals surface area contributed by atoms with Gasteiger partial charge in [-0.1, -0.05) is 0 Å². The van der Waals surface area contributed by atoms with Gasteiger partial charge in [-0.25, -0.2) is 0 Å². The first-order valence-corrected chi connectivity index (χ1v) is 4.97. The molecule has 0 radical (unpaired) electrons. The van der Waals surface area contributed by atoms with Crippen molar-refractivity contribution in [3.05, 3.63) is 27.8 Å². The minimum absolute atomic E-state index is 0.0389. The molecule has 0 spiro atoms. The minimum atomic E-state index is -0.629. The number of hydrogen-bond acceptors (Lipinski definition) is 5. The van der Waals surface area contributed by atoms with Gasteiger partial charge in [0.05, 0.1) is 29.8 Å². The van der Waals surface area contributed by atoms with Crippen LogP contribution in [0.1, 0.15) is 24.2 Å². The molecule has 1 aromatic rings. The Morgan fingerprint density at radius 2 is 2.00 bits per heavy atom. The van der Waals surface area contributed by atoms with Crippen molar-refractivity contribution in [2.24, 2.45) is 0 Å². The summed E-state index contributed by atoms with van der Waals surface area (Å²) in [4.78, 5) is 20.9. The molecule has 0 saturated carbocycles. The van der Waals surface area contributed by atoms with E-state index < -0.39 is 4.92 Å². The van der Waals surface area contributed by atoms with E-state index in [4.69, 9.17) is 9.47 Å². The minimum Gasteiger partial charge on any atom is -0.493 e. The third-order valence-corrected chi connectivity index (χ3v) is 2.00. The average molecular weight is 239 g/mol. The van der Waals surface area contributed by atoms with Crippen molar-refractivity contribution in [1.29, 1.82) is 0 Å². The predicted octanol–water partition coefficient (Wildman–Crippen LogP) is 2.20. The highest BCUT2D eigenvalue weighted by atomic mass is 16.6. The highest BCUT2D eigenvalue weighted by molar-refractivity contribution is 5.83. The van der Waals surface area contributed by atoms with Crippen molar-refractivity contribution in [1.82, 2.24) is 0 Å². The summed E-state index contributed by atoms with van der Waals surface area (Å²) in [5.74, 6) is 0.547. The van der Waals surface area contributed by atoms with Gasteiger partial charge in [0.2, 0.25) is 0 Å². The largest absolute Gasteiger partial charge is 0.493 e. The van der Waals surface area contributed by atoms with Crippen LogP contribution in [0.15, 0.2) is 12.1 Å². The first kappa shape index (κ1) is 13.0. The quantitative estimate of drug-likeness (QED) is 0.447. The fraction of sp³-hybridized carbons (Fsp3) is 0.364. The highest BCUT2D eigenvalue weighted by Gasteiger charge is 2.19. The Hall–Kier alpha value is -2.11. The second-order valence-electron chi connectivity index (χ2n) is 3.60. The van der Waals surface area contributed by atoms with Crippen LogP contribution in [0, 0.1) is 10.1 Å². The SMILES string of the molecule is COc1cc(C=O)c([N+](=O)[O-])cc1OC(C)C. The second-order valence-corrected chi connectivity index (χ2v) is 3.60. The van der Waals surface area contributed by atoms with Gasteiger partial charge >= 0.3 is 0 Å². The number of hydrogen-bond donors (Lipinski definition) is 0. The van der Waals surface area contributed by atoms with E-state index in [0.717, 1.165) is 0 Å². The van der Waals surface area contributed by atoms with Gasteiger partial charge < -0.3 is 9.47 Å². The van der Waals surface area contributed by atoms with Crippen molar-refractivity contribution in [2.45, 2.75) is 20.0 Å². The summed E-state index contributed by atoms with van der Waals surface area (Å²) in [6.07, 6.45) is 0.269. The maximum absolute atomic E-state index is 10.8. The molecule has 92 valence electrons. The lowest BCUT2D eigenvalue weighted by Gasteiger charge is -2.13. The zero-order chi connectivity index (χ0) is 13.0. The molecule has 0 aromatic heterocycles. The van der Waals surface area contributed by atoms with Crippen LogP contribution in [-0.4, -0.2) is 24.4 Å². The zero-order valence-electron chi connectivity index (χ0n) is 9.80. The normalized spacial score (nSPS) is 10.1. The molecule has 0 heterocycles. The van der Waals surface area contributed by atoms with Gasteiger partial charge in [-0.15, -0.1) is 0 Å². The number of nitrogens with zero attached hydrogens (tertiary/aromatic N) is 1. The van der Waals surface area contributed by atoms with Crippen molar-refractivity contribution in [3.63, 3.8) is 0 Å². The smallest absolute Gasteiger partial charge is 0.283 e. The molecule has 6 heteroatoms. The number of methoxy groups -OCH3 is 1. The molecule has 0 amide bonds. The highest BCUT2D eigenvalue weighted by Crippen LogP contribution is 2.34. The first-order valence-electron chi connectivity index (χ1n) is 4.97. The number of carbonyl (C=O) groups is 1. The lowest BCUT2D eigenvalue weighted by Crippen LogP contribution is -2.08. The maximum Gasteiger partial charge on any atom is 0.283 e. The lowest BCUT2D eigenvalue weighted by molar-refractivity contribution is -0.385. The third kappa shape index (κ3) is 2.93. The number of aldehydes is 1. The van der Waals surface area contributed by atoms with Gasteiger partial charge in [-0.2, -0.15) is 0 Å². The Balaban J connectivity index is 3.33. The summed E-state index contributed by atoms with van der Waals surface area (Å²) in [7, 11) is 1.41. The summed E-state index contributed by atoms with van der Waals surface area (Å²) in [6, 6.07) is 2.49. The van der Waals surface area contributed by atoms with Crippen molar-refractivity contribution < 1.29 is 19.2 Å². The monoisotopic (exact) mass is 239 g/mol. The van der Waals surface area contributed by atoms with Gasteiger partial charge in [-0.05, 0) is 13.8 Å². The Kier molecular flexibility index (Phi) is 4.03. The summed E-state index contributed by atoms with van der Waals surface area (Å²) in [5, 5.41) is 10.8. The molecule has 1 aromatic carbocycles. The van der Waals surface area contributed by atoms with Crippen LogP contribution in [0.2, 0.25) is 0 Å². The van der Waals surface area contributed by atoms with Crippen molar-refractivity contribution in [2.75, 3.05) is 7.11 Å². The number of benzene rings is 1. The molecule has 0 bridgehead atoms. The van der Waals surface area contributed by atoms with Crippen LogP contribution >= 0.6 is 0 Å². The fourth-order valence-corrected chi connectivity index (χ4v) is 1.32. The van der Waals surface area contributed by atoms with Gasteiger partial charge in [0.15, 0.2) is 17.8 Å². The number of nitro groups is 1. The van der Waals surface area contributed by atoms with Crippen LogP contribution in [-0.2, 0) is 0 Å². The van der Waals surface area contributed by atoms with E-state index in [2.05, 4.69) is 0 Å². The summed E-state index contributed by atoms with van der Waals surface area (Å²) < 4.78 is 10.4. The van der Waals surface area contributed by atoms with Crippen molar-refractivity contribution in [3.8, 4) is 11.5 Å². The van der Waals surface area contributed by atoms with Crippen molar-refractivity contribution >= 4 is 12.0 Å². The first-order chi connectivity index (χ1) is 7.99. The molecular formula is C11H13NO5. The molecule has 0 fully saturated rings. The van der Waals surface area contributed by atoms with Gasteiger partial charge in [0, 0.05) is 6.07 Å². The Morgan fingerprint density at radius 3 is 2.41 bits per heavy atom. The van der Waals surface area contributed by atoms with E-state index in [1.165, 1.54) is 19.2 Å². The molecule has 0 N–H and O–H groups in total. The number of carbonyl (C=O) groups excluding carboxylic acids is 1. The van der Waals surface area contributed by atoms with Crippen LogP contribution in [0.5, 0.6) is 11.5 Å². The van der Waals surface area contributed by atoms with Gasteiger partial charge in [-0.3, -0.25) is 14.9 Å². The van der Waals surface area contributed by atoms with Crippen LogP contribution in [0.3, 0.4) is 0 Å². The van der Waals surface area contributed by atoms with Gasteiger partial charge in [0.25, 0.3) is 5.69 Å². The summed E-state index contributed by atoms with van der Waals surface area (Å²) in [5.41, 5.74) is -0.334. The molecule has 6 nitrogen and oxygen atoms in total. The second kappa shape index (κ2) is 5.29. The number of nitro benzene ring substituents is 1. The van der Waals surface area contributed by atoms with Crippen LogP contribution < -0.4 is 9.47 Å². The third-order valence-electron chi connectivity index (χ3n) is 2.00. The van der Waals surface area contributed by atoms with E-state index in [0.29, 0.717) is 12.0 Å². The lowest BCUT2D eigenvalue weighted by atomic mass is 10.1. The Labute approximate surface area is 98.3 Å². The Bertz CT molecular complexity index is 442. The standard InChI is InChI=1S/C11H13NO5/c1-7(2)17-11-5-9(12(14)15)8(6-13)4-10(11)16-3/h4-7H,1-3H3. The molecule has 0 atom stereocenters. The summed E-state index contributed by atoms with van der Waals surface area (Å²) >= 11 is 0. The fourth-order valence-electron chi connectivity index (χ4n) is 1.32. The average Bonchev–Trinajstić information content (AvgIpc) is 2.27. The summed E-state index contributed by atoms with van der Waals surface area (Å²) in [6.45, 7) is 3.58. The van der Waals surface area contributed by atoms with E-state index in [1.807, 2.05) is 0 Å². The number of ether oxygens (including phenoxy) is 2. The molecule has 0 aliphatic heterocycles. The predicted molar refractivity (Wildman–Crippen MR) is 60.8 cm³/mol. The van der Waals surface area contributed by atoms with Crippen LogP contribution in [0.25, 0.3) is 0 Å². The molecule has 17 heavy (non-hydrogen) atoms. The molecule has 0 saturated heterocycles. The molecule has 0 aliphatic rings. The molecule has 0 aliphatic carbocycles. The van der Waals surface area contributed by atoms with Crippen LogP contribution in [0.4, 0.5) is 5.69 Å². The molecular weight excluding hydrogens is 226 g/mol. The van der Waals surface area contributed by atoms with E-state index in [1.54, 1.807) is 13.8 Å². The zero-order valence-corrected chi connectivity index (χ0v) is 9.80. The molecule has 1 rings (SSSR count). The molecule has 0 unspecified atom stereocenters. The van der Waals surface area contributed by atoms with E-state index >= 15 is 0 Å².